The summed E-state index contributed by atoms with van der Waals surface area (Å²) < 4.78 is 2.22. The zero-order chi connectivity index (χ0) is 14.5. The molecule has 0 fully saturated rings. The molecule has 0 atom stereocenters. The predicted molar refractivity (Wildman–Crippen MR) is 93.1 cm³/mol. The summed E-state index contributed by atoms with van der Waals surface area (Å²) in [6.45, 7) is 1.56. The number of hydrogen-bond donors (Lipinski definition) is 1. The van der Waals surface area contributed by atoms with Crippen LogP contribution in [0, 0.1) is 0 Å². The molecule has 0 radical (unpaired) electrons. The van der Waals surface area contributed by atoms with Gasteiger partial charge in [-0.2, -0.15) is 0 Å². The monoisotopic (exact) mass is 396 g/mol. The molecule has 0 aliphatic rings. The van der Waals surface area contributed by atoms with Crippen LogP contribution in [-0.4, -0.2) is 13.6 Å². The Hall–Kier alpha value is -0.840. The second kappa shape index (κ2) is 7.25. The fourth-order valence-electron chi connectivity index (χ4n) is 2.13. The van der Waals surface area contributed by atoms with Gasteiger partial charge in [-0.25, -0.2) is 0 Å². The average Bonchev–Trinajstić information content (AvgIpc) is 2.42. The highest BCUT2D eigenvalue weighted by molar-refractivity contribution is 9.10. The summed E-state index contributed by atoms with van der Waals surface area (Å²) in [7, 11) is 2.10. The third-order valence-electron chi connectivity index (χ3n) is 3.19. The fourth-order valence-corrected chi connectivity index (χ4v) is 3.12. The Bertz CT molecular complexity index is 567. The van der Waals surface area contributed by atoms with Gasteiger partial charge in [-0.1, -0.05) is 34.1 Å². The number of hydrogen-bond acceptors (Lipinski definition) is 2. The van der Waals surface area contributed by atoms with Crippen LogP contribution >= 0.6 is 31.9 Å². The van der Waals surface area contributed by atoms with E-state index in [2.05, 4.69) is 86.3 Å². The van der Waals surface area contributed by atoms with E-state index in [1.54, 1.807) is 0 Å². The third kappa shape index (κ3) is 4.08. The molecule has 106 valence electrons. The normalized spacial score (nSPS) is 10.6. The van der Waals surface area contributed by atoms with Gasteiger partial charge in [0, 0.05) is 22.5 Å². The molecule has 0 spiro atoms. The number of nitrogens with zero attached hydrogens (tertiary/aromatic N) is 1. The van der Waals surface area contributed by atoms with Crippen LogP contribution in [0.25, 0.3) is 0 Å². The van der Waals surface area contributed by atoms with Gasteiger partial charge in [-0.15, -0.1) is 0 Å². The lowest BCUT2D eigenvalue weighted by Gasteiger charge is -2.21. The van der Waals surface area contributed by atoms with Gasteiger partial charge in [0.05, 0.1) is 5.69 Å². The molecule has 0 aliphatic carbocycles. The molecule has 0 bridgehead atoms. The third-order valence-corrected chi connectivity index (χ3v) is 4.35. The van der Waals surface area contributed by atoms with E-state index in [9.17, 15) is 0 Å². The van der Waals surface area contributed by atoms with Crippen molar-refractivity contribution >= 4 is 37.5 Å². The zero-order valence-electron chi connectivity index (χ0n) is 11.4. The number of nitrogens with two attached hydrogens (primary N) is 1. The van der Waals surface area contributed by atoms with Crippen LogP contribution in [0.2, 0.25) is 0 Å². The lowest BCUT2D eigenvalue weighted by Crippen LogP contribution is -2.17. The number of halogens is 2. The Kier molecular flexibility index (Phi) is 5.64. The average molecular weight is 398 g/mol. The van der Waals surface area contributed by atoms with Crippen molar-refractivity contribution in [1.82, 2.24) is 0 Å². The van der Waals surface area contributed by atoms with Crippen molar-refractivity contribution in [1.29, 1.82) is 0 Å². The number of benzene rings is 2. The summed E-state index contributed by atoms with van der Waals surface area (Å²) in [6, 6.07) is 14.9. The Morgan fingerprint density at radius 3 is 2.25 bits per heavy atom. The molecule has 0 aromatic heterocycles. The summed E-state index contributed by atoms with van der Waals surface area (Å²) in [5.74, 6) is 0. The van der Waals surface area contributed by atoms with Crippen molar-refractivity contribution in [2.45, 2.75) is 13.0 Å². The van der Waals surface area contributed by atoms with Crippen LogP contribution in [-0.2, 0) is 13.0 Å². The predicted octanol–water partition coefficient (Wildman–Crippen LogP) is 4.35. The van der Waals surface area contributed by atoms with Gasteiger partial charge in [0.2, 0.25) is 0 Å². The van der Waals surface area contributed by atoms with Crippen molar-refractivity contribution in [2.24, 2.45) is 5.73 Å². The Labute approximate surface area is 137 Å². The molecule has 2 rings (SSSR count). The first-order valence-corrected chi connectivity index (χ1v) is 8.13. The summed E-state index contributed by atoms with van der Waals surface area (Å²) in [6.07, 6.45) is 0.912. The Morgan fingerprint density at radius 2 is 1.65 bits per heavy atom. The van der Waals surface area contributed by atoms with Crippen molar-refractivity contribution in [3.8, 4) is 0 Å². The van der Waals surface area contributed by atoms with Crippen LogP contribution < -0.4 is 10.6 Å². The van der Waals surface area contributed by atoms with E-state index in [1.807, 2.05) is 0 Å². The molecule has 2 aromatic rings. The molecule has 2 nitrogen and oxygen atoms in total. The second-order valence-corrected chi connectivity index (χ2v) is 6.58. The van der Waals surface area contributed by atoms with Gasteiger partial charge < -0.3 is 10.6 Å². The first-order valence-electron chi connectivity index (χ1n) is 6.54. The van der Waals surface area contributed by atoms with Crippen LogP contribution in [0.4, 0.5) is 5.69 Å². The minimum Gasteiger partial charge on any atom is -0.369 e. The minimum atomic E-state index is 0.681. The summed E-state index contributed by atoms with van der Waals surface area (Å²) in [5, 5.41) is 0. The molecular formula is C16H18Br2N2. The topological polar surface area (TPSA) is 29.3 Å². The highest BCUT2D eigenvalue weighted by Gasteiger charge is 2.07. The minimum absolute atomic E-state index is 0.681. The molecule has 0 saturated carbocycles. The maximum Gasteiger partial charge on any atom is 0.0511 e. The summed E-state index contributed by atoms with van der Waals surface area (Å²) >= 11 is 7.11. The molecule has 4 heteroatoms. The van der Waals surface area contributed by atoms with Gasteiger partial charge in [-0.3, -0.25) is 0 Å². The molecule has 0 amide bonds. The maximum atomic E-state index is 5.59. The van der Waals surface area contributed by atoms with Crippen molar-refractivity contribution in [2.75, 3.05) is 18.5 Å². The molecule has 0 heterocycles. The SMILES string of the molecule is CN(Cc1ccc(Br)cc1)c1ccc(CCN)cc1Br. The Morgan fingerprint density at radius 1 is 1.00 bits per heavy atom. The van der Waals surface area contributed by atoms with Crippen LogP contribution in [0.3, 0.4) is 0 Å². The van der Waals surface area contributed by atoms with Gasteiger partial charge in [0.15, 0.2) is 0 Å². The first kappa shape index (κ1) is 15.5. The second-order valence-electron chi connectivity index (χ2n) is 4.81. The van der Waals surface area contributed by atoms with Crippen LogP contribution in [0.15, 0.2) is 51.4 Å². The number of rotatable bonds is 5. The van der Waals surface area contributed by atoms with E-state index in [1.165, 1.54) is 16.8 Å². The first-order chi connectivity index (χ1) is 9.60. The highest BCUT2D eigenvalue weighted by Crippen LogP contribution is 2.28. The van der Waals surface area contributed by atoms with Crippen molar-refractivity contribution in [3.05, 3.63) is 62.5 Å². The highest BCUT2D eigenvalue weighted by atomic mass is 79.9. The van der Waals surface area contributed by atoms with Gasteiger partial charge in [-0.05, 0) is 64.3 Å². The smallest absolute Gasteiger partial charge is 0.0511 e. The van der Waals surface area contributed by atoms with E-state index in [4.69, 9.17) is 5.73 Å². The van der Waals surface area contributed by atoms with E-state index in [0.29, 0.717) is 6.54 Å². The van der Waals surface area contributed by atoms with E-state index in [-0.39, 0.29) is 0 Å². The molecule has 0 saturated heterocycles. The standard InChI is InChI=1S/C16H18Br2N2/c1-20(11-13-2-5-14(17)6-3-13)16-7-4-12(8-9-19)10-15(16)18/h2-7,10H,8-9,11,19H2,1H3. The lowest BCUT2D eigenvalue weighted by atomic mass is 10.1. The van der Waals surface area contributed by atoms with E-state index < -0.39 is 0 Å². The van der Waals surface area contributed by atoms with Gasteiger partial charge >= 0.3 is 0 Å². The van der Waals surface area contributed by atoms with Gasteiger partial charge in [0.25, 0.3) is 0 Å². The lowest BCUT2D eigenvalue weighted by molar-refractivity contribution is 0.915. The quantitative estimate of drug-likeness (QED) is 0.812. The molecule has 2 N–H and O–H groups in total. The van der Waals surface area contributed by atoms with Crippen molar-refractivity contribution in [3.63, 3.8) is 0 Å². The largest absolute Gasteiger partial charge is 0.369 e. The molecular weight excluding hydrogens is 380 g/mol. The Balaban J connectivity index is 2.12. The maximum absolute atomic E-state index is 5.59. The summed E-state index contributed by atoms with van der Waals surface area (Å²) in [4.78, 5) is 2.24. The molecule has 0 aliphatic heterocycles. The zero-order valence-corrected chi connectivity index (χ0v) is 14.6. The number of anilines is 1. The van der Waals surface area contributed by atoms with Gasteiger partial charge in [0.1, 0.15) is 0 Å². The molecule has 2 aromatic carbocycles. The van der Waals surface area contributed by atoms with Crippen LogP contribution in [0.5, 0.6) is 0 Å². The van der Waals surface area contributed by atoms with Crippen molar-refractivity contribution < 1.29 is 0 Å². The van der Waals surface area contributed by atoms with E-state index >= 15 is 0 Å². The van der Waals surface area contributed by atoms with Crippen LogP contribution in [0.1, 0.15) is 11.1 Å². The molecule has 0 unspecified atom stereocenters. The summed E-state index contributed by atoms with van der Waals surface area (Å²) in [5.41, 5.74) is 9.33. The fraction of sp³-hybridized carbons (Fsp3) is 0.250. The van der Waals surface area contributed by atoms with E-state index in [0.717, 1.165) is 21.9 Å². The molecule has 20 heavy (non-hydrogen) atoms.